The predicted molar refractivity (Wildman–Crippen MR) is 119 cm³/mol. The van der Waals surface area contributed by atoms with E-state index in [2.05, 4.69) is 23.8 Å². The molecule has 1 aromatic carbocycles. The van der Waals surface area contributed by atoms with E-state index in [0.29, 0.717) is 37.2 Å². The summed E-state index contributed by atoms with van der Waals surface area (Å²) in [5.74, 6) is 1.62. The Kier molecular flexibility index (Phi) is 6.39. The summed E-state index contributed by atoms with van der Waals surface area (Å²) in [6.45, 7) is 7.91. The number of nitrogens with zero attached hydrogens (tertiary/aromatic N) is 4. The lowest BCUT2D eigenvalue weighted by Gasteiger charge is -2.25. The van der Waals surface area contributed by atoms with Crippen LogP contribution in [0.1, 0.15) is 57.9 Å². The molecule has 2 saturated heterocycles. The first kappa shape index (κ1) is 21.5. The van der Waals surface area contributed by atoms with Crippen molar-refractivity contribution in [3.8, 4) is 5.75 Å². The molecular weight excluding hydrogens is 395 g/mol. The molecule has 0 radical (unpaired) electrons. The number of ketones is 1. The van der Waals surface area contributed by atoms with E-state index in [1.807, 2.05) is 34.1 Å². The summed E-state index contributed by atoms with van der Waals surface area (Å²) < 4.78 is 21.4. The maximum Gasteiger partial charge on any atom is 0.208 e. The highest BCUT2D eigenvalue weighted by atomic mass is 19.1. The molecule has 31 heavy (non-hydrogen) atoms. The van der Waals surface area contributed by atoms with Gasteiger partial charge in [-0.2, -0.15) is 4.39 Å². The van der Waals surface area contributed by atoms with Crippen molar-refractivity contribution < 1.29 is 13.9 Å². The first-order valence-corrected chi connectivity index (χ1v) is 11.2. The van der Waals surface area contributed by atoms with Crippen molar-refractivity contribution in [2.75, 3.05) is 29.4 Å². The van der Waals surface area contributed by atoms with E-state index in [0.717, 1.165) is 37.1 Å². The number of aromatic nitrogens is 2. The molecular formula is C24H31FN4O2. The Labute approximate surface area is 183 Å². The summed E-state index contributed by atoms with van der Waals surface area (Å²) in [7, 11) is 0. The van der Waals surface area contributed by atoms with Gasteiger partial charge in [0.1, 0.15) is 24.0 Å². The number of rotatable bonds is 7. The standard InChI is InChI=1S/C24H31FN4O2/c1-16(13-18(3)30)19-6-8-20(9-7-19)31-21-10-12-28(14-21)23-22(25)24(27-15-26-23)29-11-4-5-17(29)2/h6-9,15-17,21H,4-5,10-14H2,1-3H3/t16-,17-,21-/m1/s1. The second-order valence-electron chi connectivity index (χ2n) is 8.87. The number of halogens is 1. The fraction of sp³-hybridized carbons (Fsp3) is 0.542. The third-order valence-electron chi connectivity index (χ3n) is 6.37. The molecule has 2 aliphatic rings. The Balaban J connectivity index is 1.39. The average molecular weight is 427 g/mol. The highest BCUT2D eigenvalue weighted by molar-refractivity contribution is 5.76. The van der Waals surface area contributed by atoms with Crippen LogP contribution in [0.25, 0.3) is 0 Å². The smallest absolute Gasteiger partial charge is 0.208 e. The van der Waals surface area contributed by atoms with Crippen molar-refractivity contribution in [2.24, 2.45) is 0 Å². The van der Waals surface area contributed by atoms with Gasteiger partial charge in [-0.15, -0.1) is 0 Å². The van der Waals surface area contributed by atoms with E-state index >= 15 is 4.39 Å². The largest absolute Gasteiger partial charge is 0.489 e. The van der Waals surface area contributed by atoms with Crippen molar-refractivity contribution in [3.63, 3.8) is 0 Å². The second-order valence-corrected chi connectivity index (χ2v) is 8.87. The Bertz CT molecular complexity index is 920. The Morgan fingerprint density at radius 2 is 1.94 bits per heavy atom. The van der Waals surface area contributed by atoms with Gasteiger partial charge in [0.25, 0.3) is 0 Å². The number of hydrogen-bond acceptors (Lipinski definition) is 6. The van der Waals surface area contributed by atoms with Crippen LogP contribution in [0, 0.1) is 5.82 Å². The fourth-order valence-electron chi connectivity index (χ4n) is 4.65. The van der Waals surface area contributed by atoms with Crippen LogP contribution in [0.4, 0.5) is 16.0 Å². The third kappa shape index (κ3) is 4.81. The van der Waals surface area contributed by atoms with Gasteiger partial charge in [0.05, 0.1) is 6.54 Å². The van der Waals surface area contributed by atoms with E-state index in [1.165, 1.54) is 6.33 Å². The van der Waals surface area contributed by atoms with E-state index in [9.17, 15) is 4.79 Å². The summed E-state index contributed by atoms with van der Waals surface area (Å²) in [6.07, 6.45) is 4.91. The van der Waals surface area contributed by atoms with Crippen LogP contribution in [0.2, 0.25) is 0 Å². The SMILES string of the molecule is CC(=O)C[C@@H](C)c1ccc(O[C@@H]2CCN(c3ncnc(N4CCC[C@H]4C)c3F)C2)cc1. The van der Waals surface area contributed by atoms with Crippen LogP contribution in [0.15, 0.2) is 30.6 Å². The van der Waals surface area contributed by atoms with Gasteiger partial charge in [-0.25, -0.2) is 9.97 Å². The lowest BCUT2D eigenvalue weighted by Crippen LogP contribution is -2.30. The minimum Gasteiger partial charge on any atom is -0.489 e. The molecule has 0 aliphatic carbocycles. The highest BCUT2D eigenvalue weighted by Crippen LogP contribution is 2.32. The molecule has 3 atom stereocenters. The number of carbonyl (C=O) groups excluding carboxylic acids is 1. The van der Waals surface area contributed by atoms with Gasteiger partial charge in [-0.3, -0.25) is 0 Å². The number of carbonyl (C=O) groups is 1. The molecule has 3 heterocycles. The van der Waals surface area contributed by atoms with Gasteiger partial charge in [-0.1, -0.05) is 19.1 Å². The highest BCUT2D eigenvalue weighted by Gasteiger charge is 2.31. The zero-order chi connectivity index (χ0) is 22.0. The number of Topliss-reactive ketones (excluding diaryl/α,β-unsaturated/α-hetero) is 1. The van der Waals surface area contributed by atoms with Crippen molar-refractivity contribution in [1.29, 1.82) is 0 Å². The normalized spacial score (nSPS) is 22.1. The van der Waals surface area contributed by atoms with Gasteiger partial charge in [-0.05, 0) is 50.3 Å². The maximum absolute atomic E-state index is 15.2. The fourth-order valence-corrected chi connectivity index (χ4v) is 4.65. The Morgan fingerprint density at radius 1 is 1.19 bits per heavy atom. The maximum atomic E-state index is 15.2. The molecule has 2 aromatic rings. The number of anilines is 2. The van der Waals surface area contributed by atoms with E-state index < -0.39 is 0 Å². The van der Waals surface area contributed by atoms with Gasteiger partial charge >= 0.3 is 0 Å². The quantitative estimate of drug-likeness (QED) is 0.656. The molecule has 2 aliphatic heterocycles. The van der Waals surface area contributed by atoms with E-state index in [1.54, 1.807) is 6.92 Å². The molecule has 0 spiro atoms. The lowest BCUT2D eigenvalue weighted by molar-refractivity contribution is -0.117. The summed E-state index contributed by atoms with van der Waals surface area (Å²) in [5.41, 5.74) is 1.13. The zero-order valence-corrected chi connectivity index (χ0v) is 18.6. The predicted octanol–water partition coefficient (Wildman–Crippen LogP) is 4.34. The molecule has 4 rings (SSSR count). The molecule has 0 unspecified atom stereocenters. The minimum atomic E-state index is -0.333. The third-order valence-corrected chi connectivity index (χ3v) is 6.37. The van der Waals surface area contributed by atoms with Crippen molar-refractivity contribution >= 4 is 17.4 Å². The summed E-state index contributed by atoms with van der Waals surface area (Å²) in [6, 6.07) is 8.24. The molecule has 6 nitrogen and oxygen atoms in total. The summed E-state index contributed by atoms with van der Waals surface area (Å²) >= 11 is 0. The van der Waals surface area contributed by atoms with Crippen LogP contribution in [-0.2, 0) is 4.79 Å². The van der Waals surface area contributed by atoms with Gasteiger partial charge in [0, 0.05) is 32.0 Å². The van der Waals surface area contributed by atoms with E-state index in [-0.39, 0.29) is 23.6 Å². The second kappa shape index (κ2) is 9.20. The van der Waals surface area contributed by atoms with Crippen LogP contribution in [0.3, 0.4) is 0 Å². The van der Waals surface area contributed by atoms with Crippen molar-refractivity contribution in [1.82, 2.24) is 9.97 Å². The molecule has 1 aromatic heterocycles. The first-order chi connectivity index (χ1) is 14.9. The van der Waals surface area contributed by atoms with Gasteiger partial charge < -0.3 is 19.3 Å². The zero-order valence-electron chi connectivity index (χ0n) is 18.6. The van der Waals surface area contributed by atoms with Gasteiger partial charge in [0.2, 0.25) is 5.82 Å². The molecule has 0 bridgehead atoms. The Hall–Kier alpha value is -2.70. The van der Waals surface area contributed by atoms with Crippen LogP contribution >= 0.6 is 0 Å². The van der Waals surface area contributed by atoms with Crippen molar-refractivity contribution in [3.05, 3.63) is 42.0 Å². The van der Waals surface area contributed by atoms with Crippen LogP contribution in [-0.4, -0.2) is 47.5 Å². The number of benzene rings is 1. The minimum absolute atomic E-state index is 0.0241. The first-order valence-electron chi connectivity index (χ1n) is 11.2. The molecule has 7 heteroatoms. The summed E-state index contributed by atoms with van der Waals surface area (Å²) in [4.78, 5) is 23.8. The van der Waals surface area contributed by atoms with Crippen LogP contribution < -0.4 is 14.5 Å². The lowest BCUT2D eigenvalue weighted by atomic mass is 9.96. The summed E-state index contributed by atoms with van der Waals surface area (Å²) in [5, 5.41) is 0. The molecule has 0 N–H and O–H groups in total. The monoisotopic (exact) mass is 426 g/mol. The Morgan fingerprint density at radius 3 is 2.61 bits per heavy atom. The number of hydrogen-bond donors (Lipinski definition) is 0. The molecule has 0 saturated carbocycles. The number of ether oxygens (including phenoxy) is 1. The molecule has 2 fully saturated rings. The molecule has 0 amide bonds. The van der Waals surface area contributed by atoms with Gasteiger partial charge in [0.15, 0.2) is 11.6 Å². The molecule has 166 valence electrons. The average Bonchev–Trinajstić information content (AvgIpc) is 3.37. The topological polar surface area (TPSA) is 58.6 Å². The van der Waals surface area contributed by atoms with E-state index in [4.69, 9.17) is 4.74 Å². The van der Waals surface area contributed by atoms with Crippen molar-refractivity contribution in [2.45, 2.75) is 64.5 Å². The van der Waals surface area contributed by atoms with Crippen LogP contribution in [0.5, 0.6) is 5.75 Å².